The highest BCUT2D eigenvalue weighted by molar-refractivity contribution is 6.31. The van der Waals surface area contributed by atoms with E-state index in [1.165, 1.54) is 36.9 Å². The Labute approximate surface area is 427 Å². The number of nitrogens with zero attached hydrogens (tertiary/aromatic N) is 6. The second kappa shape index (κ2) is 25.4. The Morgan fingerprint density at radius 1 is 0.849 bits per heavy atom. The Morgan fingerprint density at radius 3 is 2.16 bits per heavy atom. The van der Waals surface area contributed by atoms with Crippen LogP contribution in [0.25, 0.3) is 21.8 Å². The molecular weight excluding hydrogens is 959 g/mol. The van der Waals surface area contributed by atoms with Crippen LogP contribution in [-0.4, -0.2) is 133 Å². The number of aromatic nitrogens is 4. The van der Waals surface area contributed by atoms with Gasteiger partial charge in [-0.25, -0.2) is 24.3 Å². The van der Waals surface area contributed by atoms with Crippen LogP contribution < -0.4 is 30.7 Å². The van der Waals surface area contributed by atoms with Gasteiger partial charge in [0, 0.05) is 86.1 Å². The van der Waals surface area contributed by atoms with Gasteiger partial charge in [0.1, 0.15) is 54.3 Å². The first-order valence-corrected chi connectivity index (χ1v) is 24.4. The summed E-state index contributed by atoms with van der Waals surface area (Å²) in [6.07, 6.45) is 11.2. The molecule has 0 radical (unpaired) electrons. The van der Waals surface area contributed by atoms with Crippen LogP contribution in [0.2, 0.25) is 5.02 Å². The van der Waals surface area contributed by atoms with Gasteiger partial charge < -0.3 is 45.0 Å². The molecule has 20 heteroatoms. The lowest BCUT2D eigenvalue weighted by Gasteiger charge is -2.29. The predicted octanol–water partition coefficient (Wildman–Crippen LogP) is 8.10. The van der Waals surface area contributed by atoms with Crippen LogP contribution in [0.3, 0.4) is 0 Å². The summed E-state index contributed by atoms with van der Waals surface area (Å²) in [4.78, 5) is 58.7. The maximum atomic E-state index is 13.6. The second-order valence-electron chi connectivity index (χ2n) is 17.5. The normalized spacial score (nSPS) is 17.7. The SMILES string of the molecule is COc1cc2ncnc(N[C@H](C)c3ccccc3)c2cc1NC(=O)C=CCN1CC(=O)O[C@H](C)C1.O=C(C=CCN1CCOCC1)Nc1cc2c(Nc3ccc(F)c(Cl)c3)ncnc2cc1OCC1CCCO1. The molecule has 3 saturated heterocycles. The van der Waals surface area contributed by atoms with Crippen LogP contribution in [0.1, 0.15) is 38.3 Å². The number of fused-ring (bicyclic) bond motifs is 2. The molecule has 3 atom stereocenters. The number of esters is 1. The number of rotatable bonds is 17. The van der Waals surface area contributed by atoms with Crippen molar-refractivity contribution in [3.05, 3.63) is 126 Å². The van der Waals surface area contributed by atoms with Crippen molar-refractivity contribution in [2.75, 3.05) is 94.1 Å². The molecule has 0 bridgehead atoms. The van der Waals surface area contributed by atoms with E-state index in [0.29, 0.717) is 96.1 Å². The Morgan fingerprint density at radius 2 is 1.51 bits per heavy atom. The second-order valence-corrected chi connectivity index (χ2v) is 18.0. The lowest BCUT2D eigenvalue weighted by atomic mass is 10.1. The standard InChI is InChI=1S/C27H29ClFN5O4.C26H29N5O4/c28-21-13-18(5-6-22(21)29)32-27-20-14-24(33-26(35)4-1-7-34-8-11-36-12-9-34)25(15-23(20)30-17-31-27)38-16-19-3-2-10-37-19;1-17-14-31(15-25(33)35-17)11-7-10-24(32)30-22-12-20-21(13-23(22)34-3)27-16-28-26(20)29-18(2)19-8-5-4-6-9-19/h1,4-6,13-15,17,19H,2-3,7-12,16H2,(H,33,35)(H,30,31,32);4-10,12-13,16-18H,11,14-15H2,1-3H3,(H,30,32)(H,27,28,29)/t;17-,18-/m.1/s1. The van der Waals surface area contributed by atoms with Gasteiger partial charge in [-0.05, 0) is 62.6 Å². The maximum Gasteiger partial charge on any atom is 0.320 e. The minimum atomic E-state index is -0.510. The predicted molar refractivity (Wildman–Crippen MR) is 278 cm³/mol. The number of benzene rings is 4. The Balaban J connectivity index is 0.000000196. The molecule has 6 aromatic rings. The molecule has 4 N–H and O–H groups in total. The van der Waals surface area contributed by atoms with E-state index in [2.05, 4.69) is 65.2 Å². The number of carbonyl (C=O) groups excluding carboxylic acids is 3. The van der Waals surface area contributed by atoms with E-state index in [-0.39, 0.29) is 47.6 Å². The first kappa shape index (κ1) is 52.0. The molecule has 3 aliphatic heterocycles. The molecule has 18 nitrogen and oxygen atoms in total. The van der Waals surface area contributed by atoms with Gasteiger partial charge in [-0.1, -0.05) is 54.1 Å². The largest absolute Gasteiger partial charge is 0.494 e. The highest BCUT2D eigenvalue weighted by atomic mass is 35.5. The Hall–Kier alpha value is -7.29. The highest BCUT2D eigenvalue weighted by Gasteiger charge is 2.23. The van der Waals surface area contributed by atoms with Gasteiger partial charge in [0.05, 0.1) is 60.4 Å². The number of cyclic esters (lactones) is 1. The van der Waals surface area contributed by atoms with Gasteiger partial charge in [0.2, 0.25) is 11.8 Å². The number of nitrogens with one attached hydrogen (secondary N) is 4. The number of amides is 2. The summed E-state index contributed by atoms with van der Waals surface area (Å²) in [5.41, 5.74) is 3.98. The molecule has 4 aromatic carbocycles. The molecule has 0 aliphatic carbocycles. The minimum Gasteiger partial charge on any atom is -0.494 e. The molecule has 73 heavy (non-hydrogen) atoms. The van der Waals surface area contributed by atoms with E-state index >= 15 is 0 Å². The van der Waals surface area contributed by atoms with Crippen LogP contribution in [0.15, 0.2) is 110 Å². The van der Waals surface area contributed by atoms with E-state index in [1.54, 1.807) is 37.5 Å². The van der Waals surface area contributed by atoms with Crippen molar-refractivity contribution in [2.45, 2.75) is 44.9 Å². The maximum absolute atomic E-state index is 13.6. The first-order chi connectivity index (χ1) is 35.5. The number of anilines is 5. The van der Waals surface area contributed by atoms with E-state index in [9.17, 15) is 18.8 Å². The average Bonchev–Trinajstić information content (AvgIpc) is 3.91. The summed E-state index contributed by atoms with van der Waals surface area (Å²) in [6, 6.07) is 21.5. The van der Waals surface area contributed by atoms with Crippen molar-refractivity contribution >= 4 is 79.9 Å². The molecule has 1 unspecified atom stereocenters. The Bertz CT molecular complexity index is 2940. The summed E-state index contributed by atoms with van der Waals surface area (Å²) in [6.45, 7) is 10.1. The fraction of sp³-hybridized carbons (Fsp3) is 0.340. The average molecular weight is 1020 g/mol. The highest BCUT2D eigenvalue weighted by Crippen LogP contribution is 2.36. The van der Waals surface area contributed by atoms with Crippen LogP contribution in [0.4, 0.5) is 33.1 Å². The molecule has 0 saturated carbocycles. The van der Waals surface area contributed by atoms with Crippen LogP contribution in [0, 0.1) is 5.82 Å². The molecule has 5 heterocycles. The summed E-state index contributed by atoms with van der Waals surface area (Å²) in [5, 5.41) is 13.8. The summed E-state index contributed by atoms with van der Waals surface area (Å²) >= 11 is 5.94. The van der Waals surface area contributed by atoms with Crippen molar-refractivity contribution in [2.24, 2.45) is 0 Å². The van der Waals surface area contributed by atoms with Crippen molar-refractivity contribution in [1.82, 2.24) is 29.7 Å². The number of halogens is 2. The number of methoxy groups -OCH3 is 1. The van der Waals surface area contributed by atoms with Crippen molar-refractivity contribution < 1.29 is 42.5 Å². The number of hydrogen-bond acceptors (Lipinski definition) is 16. The fourth-order valence-electron chi connectivity index (χ4n) is 8.36. The van der Waals surface area contributed by atoms with Gasteiger partial charge >= 0.3 is 5.97 Å². The molecule has 382 valence electrons. The smallest absolute Gasteiger partial charge is 0.320 e. The van der Waals surface area contributed by atoms with E-state index in [4.69, 9.17) is 35.3 Å². The number of ether oxygens (including phenoxy) is 5. The zero-order valence-electron chi connectivity index (χ0n) is 40.8. The molecule has 3 aliphatic rings. The molecule has 2 amide bonds. The number of morpholine rings is 2. The quantitative estimate of drug-likeness (QED) is 0.0503. The van der Waals surface area contributed by atoms with E-state index < -0.39 is 5.82 Å². The van der Waals surface area contributed by atoms with Crippen molar-refractivity contribution in [3.8, 4) is 11.5 Å². The lowest BCUT2D eigenvalue weighted by molar-refractivity contribution is -0.156. The van der Waals surface area contributed by atoms with Crippen LogP contribution in [-0.2, 0) is 28.6 Å². The zero-order valence-corrected chi connectivity index (χ0v) is 41.6. The molecule has 3 fully saturated rings. The third-order valence-electron chi connectivity index (χ3n) is 12.1. The number of carbonyl (C=O) groups is 3. The van der Waals surface area contributed by atoms with E-state index in [0.717, 1.165) is 43.5 Å². The monoisotopic (exact) mass is 1020 g/mol. The number of hydrogen-bond donors (Lipinski definition) is 4. The van der Waals surface area contributed by atoms with Gasteiger partial charge in [0.15, 0.2) is 0 Å². The summed E-state index contributed by atoms with van der Waals surface area (Å²) in [5.74, 6) is 0.758. The van der Waals surface area contributed by atoms with E-state index in [1.807, 2.05) is 42.2 Å². The van der Waals surface area contributed by atoms with Crippen molar-refractivity contribution in [1.29, 1.82) is 0 Å². The molecule has 9 rings (SSSR count). The molecule has 2 aromatic heterocycles. The molecular formula is C53H58ClFN10O8. The van der Waals surface area contributed by atoms with Gasteiger partial charge in [-0.2, -0.15) is 0 Å². The lowest BCUT2D eigenvalue weighted by Crippen LogP contribution is -2.44. The third kappa shape index (κ3) is 14.7. The topological polar surface area (TPSA) is 204 Å². The Kier molecular flexibility index (Phi) is 18.1. The van der Waals surface area contributed by atoms with Gasteiger partial charge in [-0.15, -0.1) is 0 Å². The summed E-state index contributed by atoms with van der Waals surface area (Å²) in [7, 11) is 1.54. The zero-order chi connectivity index (χ0) is 51.1. The van der Waals surface area contributed by atoms with Crippen LogP contribution in [0.5, 0.6) is 11.5 Å². The fourth-order valence-corrected chi connectivity index (χ4v) is 8.54. The summed E-state index contributed by atoms with van der Waals surface area (Å²) < 4.78 is 41.4. The van der Waals surface area contributed by atoms with Crippen molar-refractivity contribution in [3.63, 3.8) is 0 Å². The third-order valence-corrected chi connectivity index (χ3v) is 12.4. The van der Waals surface area contributed by atoms with Crippen LogP contribution >= 0.6 is 11.6 Å². The first-order valence-electron chi connectivity index (χ1n) is 24.0. The van der Waals surface area contributed by atoms with Gasteiger partial charge in [0.25, 0.3) is 0 Å². The molecule has 0 spiro atoms. The minimum absolute atomic E-state index is 0.00463. The van der Waals surface area contributed by atoms with Gasteiger partial charge in [-0.3, -0.25) is 24.2 Å².